The quantitative estimate of drug-likeness (QED) is 0.408. The van der Waals surface area contributed by atoms with Crippen LogP contribution in [0.25, 0.3) is 0 Å². The highest BCUT2D eigenvalue weighted by Gasteiger charge is 1.98. The largest absolute Gasteiger partial charge is 0.174 e. The molecule has 0 spiro atoms. The van der Waals surface area contributed by atoms with E-state index in [1.165, 1.54) is 0 Å². The van der Waals surface area contributed by atoms with E-state index in [0.717, 1.165) is 21.5 Å². The van der Waals surface area contributed by atoms with Crippen LogP contribution in [0.4, 0.5) is 0 Å². The lowest BCUT2D eigenvalue weighted by Gasteiger charge is -1.87. The molecule has 0 radical (unpaired) electrons. The first-order chi connectivity index (χ1) is 5.33. The minimum absolute atomic E-state index is 0.795. The van der Waals surface area contributed by atoms with Crippen molar-refractivity contribution in [2.75, 3.05) is 5.75 Å². The highest BCUT2D eigenvalue weighted by molar-refractivity contribution is 8.01. The van der Waals surface area contributed by atoms with Crippen molar-refractivity contribution < 1.29 is 0 Å². The lowest BCUT2D eigenvalue weighted by Crippen LogP contribution is -1.75. The lowest BCUT2D eigenvalue weighted by atomic mass is 10.5. The summed E-state index contributed by atoms with van der Waals surface area (Å²) in [6.45, 7) is 1.95. The molecule has 0 bridgehead atoms. The van der Waals surface area contributed by atoms with E-state index >= 15 is 0 Å². The molecule has 11 heavy (non-hydrogen) atoms. The molecule has 0 aromatic carbocycles. The van der Waals surface area contributed by atoms with Crippen molar-refractivity contribution in [3.8, 4) is 12.3 Å². The molecule has 1 heterocycles. The monoisotopic (exact) mass is 184 g/mol. The average Bonchev–Trinajstić information content (AvgIpc) is 2.37. The van der Waals surface area contributed by atoms with Gasteiger partial charge in [0.15, 0.2) is 4.34 Å². The van der Waals surface area contributed by atoms with Crippen molar-refractivity contribution in [1.29, 1.82) is 0 Å². The van der Waals surface area contributed by atoms with Crippen LogP contribution >= 0.6 is 23.1 Å². The highest BCUT2D eigenvalue weighted by atomic mass is 32.2. The molecule has 0 aliphatic heterocycles. The predicted molar refractivity (Wildman–Crippen MR) is 48.8 cm³/mol. The minimum atomic E-state index is 0.795. The van der Waals surface area contributed by atoms with E-state index in [9.17, 15) is 0 Å². The van der Waals surface area contributed by atoms with Gasteiger partial charge in [0.05, 0.1) is 0 Å². The molecule has 1 aromatic heterocycles. The second kappa shape index (κ2) is 4.37. The number of aromatic nitrogens is 2. The molecule has 2 nitrogen and oxygen atoms in total. The van der Waals surface area contributed by atoms with Crippen LogP contribution in [0.2, 0.25) is 0 Å². The Kier molecular flexibility index (Phi) is 3.40. The normalized spacial score (nSPS) is 9.45. The van der Waals surface area contributed by atoms with Gasteiger partial charge < -0.3 is 0 Å². The van der Waals surface area contributed by atoms with E-state index in [1.54, 1.807) is 23.1 Å². The molecule has 1 rings (SSSR count). The minimum Gasteiger partial charge on any atom is -0.143 e. The van der Waals surface area contributed by atoms with Gasteiger partial charge in [0.1, 0.15) is 5.01 Å². The lowest BCUT2D eigenvalue weighted by molar-refractivity contribution is 0.983. The molecule has 0 amide bonds. The van der Waals surface area contributed by atoms with Crippen LogP contribution in [0.15, 0.2) is 4.34 Å². The summed E-state index contributed by atoms with van der Waals surface area (Å²) in [6.07, 6.45) is 5.90. The molecule has 0 aliphatic carbocycles. The molecule has 0 saturated carbocycles. The summed E-state index contributed by atoms with van der Waals surface area (Å²) in [5.74, 6) is 3.52. The van der Waals surface area contributed by atoms with Gasteiger partial charge >= 0.3 is 0 Å². The van der Waals surface area contributed by atoms with E-state index in [1.807, 2.05) is 6.92 Å². The summed E-state index contributed by atoms with van der Waals surface area (Å²) in [4.78, 5) is 0. The fourth-order valence-corrected chi connectivity index (χ4v) is 2.29. The van der Waals surface area contributed by atoms with Crippen molar-refractivity contribution in [3.63, 3.8) is 0 Å². The van der Waals surface area contributed by atoms with Crippen LogP contribution in [-0.2, 0) is 0 Å². The summed E-state index contributed by atoms with van der Waals surface area (Å²) >= 11 is 3.28. The summed E-state index contributed by atoms with van der Waals surface area (Å²) in [7, 11) is 0. The number of hydrogen-bond donors (Lipinski definition) is 0. The van der Waals surface area contributed by atoms with Crippen LogP contribution < -0.4 is 0 Å². The summed E-state index contributed by atoms with van der Waals surface area (Å²) < 4.78 is 1.01. The van der Waals surface area contributed by atoms with Crippen molar-refractivity contribution in [2.45, 2.75) is 17.7 Å². The van der Waals surface area contributed by atoms with Gasteiger partial charge in [-0.1, -0.05) is 23.1 Å². The molecule has 0 atom stereocenters. The first-order valence-corrected chi connectivity index (χ1v) is 4.99. The molecule has 58 valence electrons. The number of hydrogen-bond acceptors (Lipinski definition) is 4. The van der Waals surface area contributed by atoms with Crippen LogP contribution in [0.1, 0.15) is 11.4 Å². The second-order valence-electron chi connectivity index (χ2n) is 1.89. The third-order valence-electron chi connectivity index (χ3n) is 0.979. The van der Waals surface area contributed by atoms with E-state index < -0.39 is 0 Å². The number of nitrogens with zero attached hydrogens (tertiary/aromatic N) is 2. The predicted octanol–water partition coefficient (Wildman–Crippen LogP) is 1.96. The van der Waals surface area contributed by atoms with Crippen molar-refractivity contribution in [3.05, 3.63) is 5.01 Å². The van der Waals surface area contributed by atoms with Gasteiger partial charge in [0, 0.05) is 12.2 Å². The van der Waals surface area contributed by atoms with Crippen LogP contribution in [0, 0.1) is 19.3 Å². The number of thioether (sulfide) groups is 1. The fourth-order valence-electron chi connectivity index (χ4n) is 0.534. The molecule has 1 aromatic rings. The first-order valence-electron chi connectivity index (χ1n) is 3.19. The number of terminal acetylenes is 1. The Morgan fingerprint density at radius 2 is 2.45 bits per heavy atom. The van der Waals surface area contributed by atoms with Gasteiger partial charge in [-0.05, 0) is 6.92 Å². The zero-order valence-corrected chi connectivity index (χ0v) is 7.84. The summed E-state index contributed by atoms with van der Waals surface area (Å²) in [5.41, 5.74) is 0. The van der Waals surface area contributed by atoms with E-state index in [2.05, 4.69) is 16.1 Å². The smallest absolute Gasteiger partial charge is 0.143 e. The Morgan fingerprint density at radius 1 is 1.64 bits per heavy atom. The van der Waals surface area contributed by atoms with Gasteiger partial charge in [-0.3, -0.25) is 0 Å². The third kappa shape index (κ3) is 2.91. The highest BCUT2D eigenvalue weighted by Crippen LogP contribution is 2.21. The van der Waals surface area contributed by atoms with Crippen molar-refractivity contribution >= 4 is 23.1 Å². The molecule has 0 fully saturated rings. The Bertz CT molecular complexity index is 262. The average molecular weight is 184 g/mol. The topological polar surface area (TPSA) is 25.8 Å². The third-order valence-corrected chi connectivity index (χ3v) is 2.95. The van der Waals surface area contributed by atoms with Crippen molar-refractivity contribution in [2.24, 2.45) is 0 Å². The molecular formula is C7H8N2S2. The van der Waals surface area contributed by atoms with Gasteiger partial charge in [-0.2, -0.15) is 0 Å². The molecule has 0 aliphatic rings. The maximum Gasteiger partial charge on any atom is 0.174 e. The zero-order chi connectivity index (χ0) is 8.10. The Hall–Kier alpha value is -0.530. The van der Waals surface area contributed by atoms with Gasteiger partial charge in [0.25, 0.3) is 0 Å². The molecule has 0 unspecified atom stereocenters. The molecular weight excluding hydrogens is 176 g/mol. The molecule has 0 saturated heterocycles. The van der Waals surface area contributed by atoms with Gasteiger partial charge in [-0.15, -0.1) is 22.5 Å². The molecule has 0 N–H and O–H groups in total. The SMILES string of the molecule is C#CCCSc1nnc(C)s1. The Labute approximate surface area is 74.4 Å². The number of aryl methyl sites for hydroxylation is 1. The summed E-state index contributed by atoms with van der Waals surface area (Å²) in [6, 6.07) is 0. The maximum atomic E-state index is 5.10. The van der Waals surface area contributed by atoms with Gasteiger partial charge in [0.2, 0.25) is 0 Å². The van der Waals surface area contributed by atoms with E-state index in [0.29, 0.717) is 0 Å². The Balaban J connectivity index is 2.34. The molecule has 4 heteroatoms. The zero-order valence-electron chi connectivity index (χ0n) is 6.20. The van der Waals surface area contributed by atoms with Gasteiger partial charge in [-0.25, -0.2) is 0 Å². The maximum absolute atomic E-state index is 5.10. The number of rotatable bonds is 3. The Morgan fingerprint density at radius 3 is 3.00 bits per heavy atom. The standard InChI is InChI=1S/C7H8N2S2/c1-3-4-5-10-7-9-8-6(2)11-7/h1H,4-5H2,2H3. The van der Waals surface area contributed by atoms with Crippen LogP contribution in [0.5, 0.6) is 0 Å². The summed E-state index contributed by atoms with van der Waals surface area (Å²) in [5, 5.41) is 8.85. The van der Waals surface area contributed by atoms with Crippen LogP contribution in [0.3, 0.4) is 0 Å². The van der Waals surface area contributed by atoms with Crippen molar-refractivity contribution in [1.82, 2.24) is 10.2 Å². The fraction of sp³-hybridized carbons (Fsp3) is 0.429. The first kappa shape index (κ1) is 8.57. The van der Waals surface area contributed by atoms with E-state index in [-0.39, 0.29) is 0 Å². The van der Waals surface area contributed by atoms with Crippen LogP contribution in [-0.4, -0.2) is 16.0 Å². The van der Waals surface area contributed by atoms with E-state index in [4.69, 9.17) is 6.42 Å². The second-order valence-corrected chi connectivity index (χ2v) is 4.41.